The minimum atomic E-state index is 0.606. The molecule has 0 aliphatic heterocycles. The molecule has 2 aromatic rings. The number of hydrogen-bond donors (Lipinski definition) is 0. The van der Waals surface area contributed by atoms with Crippen LogP contribution in [0.5, 0.6) is 5.75 Å². The number of allylic oxidation sites excluding steroid dienone is 3. The van der Waals surface area contributed by atoms with Crippen molar-refractivity contribution in [2.45, 2.75) is 12.8 Å². The van der Waals surface area contributed by atoms with Gasteiger partial charge in [-0.05, 0) is 58.9 Å². The van der Waals surface area contributed by atoms with Gasteiger partial charge >= 0.3 is 0 Å². The van der Waals surface area contributed by atoms with Crippen LogP contribution in [0, 0.1) is 11.3 Å². The molecule has 24 heavy (non-hydrogen) atoms. The zero-order chi connectivity index (χ0) is 16.4. The van der Waals surface area contributed by atoms with Crippen LogP contribution in [0.15, 0.2) is 60.5 Å². The molecule has 0 unspecified atom stereocenters. The predicted octanol–water partition coefficient (Wildman–Crippen LogP) is 4.32. The van der Waals surface area contributed by atoms with Crippen molar-refractivity contribution in [3.63, 3.8) is 0 Å². The number of aromatic nitrogens is 1. The molecule has 0 saturated heterocycles. The van der Waals surface area contributed by atoms with E-state index in [9.17, 15) is 5.26 Å². The molecular weight excluding hydrogens is 296 g/mol. The molecule has 1 heterocycles. The van der Waals surface area contributed by atoms with Gasteiger partial charge in [-0.3, -0.25) is 4.98 Å². The molecule has 0 saturated carbocycles. The van der Waals surface area contributed by atoms with E-state index in [1.54, 1.807) is 12.4 Å². The standard InChI is InChI=1S/C21H16N2O/c22-12-19-13-23-8-7-21(19)18-9-16-5-6-20(11-17(16)10-18)24-14-15-3-1-2-4-15/h1,3-8,10-11,13H,2,9,14H2. The molecule has 0 N–H and O–H groups in total. The summed E-state index contributed by atoms with van der Waals surface area (Å²) in [6.45, 7) is 0.606. The molecule has 0 atom stereocenters. The molecule has 2 aliphatic carbocycles. The Morgan fingerprint density at radius 2 is 2.21 bits per heavy atom. The van der Waals surface area contributed by atoms with E-state index in [1.165, 1.54) is 16.7 Å². The first kappa shape index (κ1) is 14.5. The maximum Gasteiger partial charge on any atom is 0.120 e. The van der Waals surface area contributed by atoms with E-state index in [-0.39, 0.29) is 0 Å². The number of fused-ring (bicyclic) bond motifs is 1. The first-order chi connectivity index (χ1) is 11.8. The first-order valence-electron chi connectivity index (χ1n) is 8.00. The molecule has 0 bridgehead atoms. The van der Waals surface area contributed by atoms with E-state index >= 15 is 0 Å². The monoisotopic (exact) mass is 312 g/mol. The molecule has 3 nitrogen and oxygen atoms in total. The van der Waals surface area contributed by atoms with E-state index < -0.39 is 0 Å². The number of ether oxygens (including phenoxy) is 1. The summed E-state index contributed by atoms with van der Waals surface area (Å²) in [7, 11) is 0. The average Bonchev–Trinajstić information content (AvgIpc) is 3.28. The summed E-state index contributed by atoms with van der Waals surface area (Å²) < 4.78 is 5.89. The normalized spacial score (nSPS) is 14.8. The Morgan fingerprint density at radius 3 is 3.04 bits per heavy atom. The van der Waals surface area contributed by atoms with Gasteiger partial charge < -0.3 is 4.74 Å². The SMILES string of the molecule is N#Cc1cnccc1C1=Cc2cc(OCC3=CCC=C3)ccc2C1. The van der Waals surface area contributed by atoms with Crippen LogP contribution in [0.1, 0.15) is 28.7 Å². The Hall–Kier alpha value is -3.12. The van der Waals surface area contributed by atoms with Crippen LogP contribution >= 0.6 is 0 Å². The molecule has 2 aliphatic rings. The van der Waals surface area contributed by atoms with Crippen molar-refractivity contribution in [3.05, 3.63) is 82.7 Å². The molecule has 4 rings (SSSR count). The van der Waals surface area contributed by atoms with Gasteiger partial charge in [-0.1, -0.05) is 30.4 Å². The number of nitriles is 1. The largest absolute Gasteiger partial charge is 0.489 e. The number of benzene rings is 1. The fourth-order valence-corrected chi connectivity index (χ4v) is 3.12. The third-order valence-corrected chi connectivity index (χ3v) is 4.37. The number of rotatable bonds is 4. The highest BCUT2D eigenvalue weighted by Crippen LogP contribution is 2.34. The van der Waals surface area contributed by atoms with Crippen molar-refractivity contribution in [1.82, 2.24) is 4.98 Å². The van der Waals surface area contributed by atoms with Crippen LogP contribution in [0.4, 0.5) is 0 Å². The lowest BCUT2D eigenvalue weighted by Gasteiger charge is -2.07. The number of hydrogen-bond acceptors (Lipinski definition) is 3. The van der Waals surface area contributed by atoms with Gasteiger partial charge in [0, 0.05) is 12.4 Å². The summed E-state index contributed by atoms with van der Waals surface area (Å²) in [5.74, 6) is 0.877. The molecule has 0 spiro atoms. The molecule has 116 valence electrons. The fraction of sp³-hybridized carbons (Fsp3) is 0.143. The smallest absolute Gasteiger partial charge is 0.120 e. The summed E-state index contributed by atoms with van der Waals surface area (Å²) >= 11 is 0. The van der Waals surface area contributed by atoms with Crippen molar-refractivity contribution in [1.29, 1.82) is 5.26 Å². The van der Waals surface area contributed by atoms with Crippen LogP contribution in [-0.2, 0) is 6.42 Å². The van der Waals surface area contributed by atoms with Crippen molar-refractivity contribution in [2.24, 2.45) is 0 Å². The molecule has 0 amide bonds. The second kappa shape index (κ2) is 6.17. The molecule has 3 heteroatoms. The highest BCUT2D eigenvalue weighted by molar-refractivity contribution is 5.90. The van der Waals surface area contributed by atoms with Gasteiger partial charge in [-0.25, -0.2) is 0 Å². The maximum absolute atomic E-state index is 9.27. The van der Waals surface area contributed by atoms with Gasteiger partial charge in [0.15, 0.2) is 0 Å². The van der Waals surface area contributed by atoms with Crippen LogP contribution in [0.3, 0.4) is 0 Å². The first-order valence-corrected chi connectivity index (χ1v) is 8.00. The van der Waals surface area contributed by atoms with Crippen LogP contribution in [0.25, 0.3) is 11.6 Å². The Kier molecular flexibility index (Phi) is 3.72. The Balaban J connectivity index is 1.57. The summed E-state index contributed by atoms with van der Waals surface area (Å²) in [5.41, 5.74) is 6.39. The molecular formula is C21H16N2O. The van der Waals surface area contributed by atoms with Gasteiger partial charge in [-0.15, -0.1) is 0 Å². The minimum Gasteiger partial charge on any atom is -0.489 e. The zero-order valence-electron chi connectivity index (χ0n) is 13.2. The fourth-order valence-electron chi connectivity index (χ4n) is 3.12. The maximum atomic E-state index is 9.27. The lowest BCUT2D eigenvalue weighted by molar-refractivity contribution is 0.355. The second-order valence-corrected chi connectivity index (χ2v) is 5.95. The van der Waals surface area contributed by atoms with Crippen LogP contribution in [0.2, 0.25) is 0 Å². The van der Waals surface area contributed by atoms with Gasteiger partial charge in [0.2, 0.25) is 0 Å². The van der Waals surface area contributed by atoms with Crippen LogP contribution in [-0.4, -0.2) is 11.6 Å². The average molecular weight is 312 g/mol. The molecule has 0 radical (unpaired) electrons. The second-order valence-electron chi connectivity index (χ2n) is 5.95. The quantitative estimate of drug-likeness (QED) is 0.845. The molecule has 1 aromatic heterocycles. The van der Waals surface area contributed by atoms with Crippen molar-refractivity contribution in [2.75, 3.05) is 6.61 Å². The van der Waals surface area contributed by atoms with Crippen molar-refractivity contribution < 1.29 is 4.74 Å². The lowest BCUT2D eigenvalue weighted by atomic mass is 10.0. The van der Waals surface area contributed by atoms with Gasteiger partial charge in [0.1, 0.15) is 18.4 Å². The summed E-state index contributed by atoms with van der Waals surface area (Å²) in [6, 6.07) is 10.3. The summed E-state index contributed by atoms with van der Waals surface area (Å²) in [5, 5.41) is 9.27. The number of nitrogens with zero attached hydrogens (tertiary/aromatic N) is 2. The highest BCUT2D eigenvalue weighted by Gasteiger charge is 2.17. The van der Waals surface area contributed by atoms with Gasteiger partial charge in [0.05, 0.1) is 5.56 Å². The Morgan fingerprint density at radius 1 is 1.25 bits per heavy atom. The van der Waals surface area contributed by atoms with Crippen LogP contribution < -0.4 is 4.74 Å². The third-order valence-electron chi connectivity index (χ3n) is 4.37. The molecule has 1 aromatic carbocycles. The summed E-state index contributed by atoms with van der Waals surface area (Å²) in [6.07, 6.45) is 13.8. The minimum absolute atomic E-state index is 0.606. The van der Waals surface area contributed by atoms with Gasteiger partial charge in [-0.2, -0.15) is 5.26 Å². The van der Waals surface area contributed by atoms with Crippen molar-refractivity contribution >= 4 is 11.6 Å². The highest BCUT2D eigenvalue weighted by atomic mass is 16.5. The van der Waals surface area contributed by atoms with E-state index in [2.05, 4.69) is 47.5 Å². The van der Waals surface area contributed by atoms with E-state index in [0.717, 1.165) is 29.7 Å². The summed E-state index contributed by atoms with van der Waals surface area (Å²) in [4.78, 5) is 4.03. The van der Waals surface area contributed by atoms with Crippen molar-refractivity contribution in [3.8, 4) is 11.8 Å². The predicted molar refractivity (Wildman–Crippen MR) is 94.3 cm³/mol. The molecule has 0 fully saturated rings. The Bertz CT molecular complexity index is 929. The third kappa shape index (κ3) is 2.75. The topological polar surface area (TPSA) is 45.9 Å². The number of pyridine rings is 1. The Labute approximate surface area is 141 Å². The van der Waals surface area contributed by atoms with E-state index in [0.29, 0.717) is 12.2 Å². The zero-order valence-corrected chi connectivity index (χ0v) is 13.2. The van der Waals surface area contributed by atoms with E-state index in [1.807, 2.05) is 12.1 Å². The van der Waals surface area contributed by atoms with E-state index in [4.69, 9.17) is 4.74 Å². The van der Waals surface area contributed by atoms with Gasteiger partial charge in [0.25, 0.3) is 0 Å². The lowest BCUT2D eigenvalue weighted by Crippen LogP contribution is -1.99.